The first kappa shape index (κ1) is 23.8. The number of hydrogen-bond acceptors (Lipinski definition) is 5. The Labute approximate surface area is 196 Å². The zero-order valence-electron chi connectivity index (χ0n) is 17.1. The van der Waals surface area contributed by atoms with Crippen LogP contribution in [0.3, 0.4) is 0 Å². The molecule has 0 spiro atoms. The maximum absolute atomic E-state index is 12.5. The monoisotopic (exact) mass is 494 g/mol. The summed E-state index contributed by atoms with van der Waals surface area (Å²) in [6.07, 6.45) is 0. The molecular formula is C22H23ClN2O3S3. The Morgan fingerprint density at radius 3 is 2.32 bits per heavy atom. The summed E-state index contributed by atoms with van der Waals surface area (Å²) in [6.45, 7) is 0.296. The summed E-state index contributed by atoms with van der Waals surface area (Å²) in [5.74, 6) is 0.168. The van der Waals surface area contributed by atoms with Gasteiger partial charge in [0, 0.05) is 24.0 Å². The molecule has 0 aliphatic carbocycles. The lowest BCUT2D eigenvalue weighted by Gasteiger charge is -2.17. The number of amides is 1. The predicted octanol–water partition coefficient (Wildman–Crippen LogP) is 4.79. The number of hydrogen-bond donors (Lipinski definition) is 1. The van der Waals surface area contributed by atoms with E-state index in [1.165, 1.54) is 41.5 Å². The third-order valence-electron chi connectivity index (χ3n) is 4.49. The van der Waals surface area contributed by atoms with E-state index in [9.17, 15) is 13.2 Å². The minimum Gasteiger partial charge on any atom is -0.350 e. The number of halogens is 1. The van der Waals surface area contributed by atoms with Gasteiger partial charge in [0.15, 0.2) is 0 Å². The molecule has 3 rings (SSSR count). The third-order valence-corrected chi connectivity index (χ3v) is 9.41. The van der Waals surface area contributed by atoms with Crippen molar-refractivity contribution in [3.05, 3.63) is 87.8 Å². The van der Waals surface area contributed by atoms with Crippen molar-refractivity contribution in [2.24, 2.45) is 0 Å². The summed E-state index contributed by atoms with van der Waals surface area (Å²) in [7, 11) is -0.460. The second-order valence-electron chi connectivity index (χ2n) is 6.94. The first-order valence-electron chi connectivity index (χ1n) is 9.47. The van der Waals surface area contributed by atoms with Crippen LogP contribution >= 0.6 is 34.7 Å². The number of thioether (sulfide) groups is 1. The van der Waals surface area contributed by atoms with Crippen LogP contribution in [0.2, 0.25) is 5.02 Å². The number of thiophene rings is 1. The lowest BCUT2D eigenvalue weighted by atomic mass is 10.0. The molecule has 9 heteroatoms. The van der Waals surface area contributed by atoms with E-state index in [4.69, 9.17) is 11.6 Å². The van der Waals surface area contributed by atoms with Gasteiger partial charge in [-0.2, -0.15) is 0 Å². The zero-order chi connectivity index (χ0) is 22.4. The summed E-state index contributed by atoms with van der Waals surface area (Å²) in [4.78, 5) is 13.3. The Morgan fingerprint density at radius 2 is 1.68 bits per heavy atom. The number of sulfonamides is 1. The van der Waals surface area contributed by atoms with Crippen LogP contribution in [0.4, 0.5) is 0 Å². The van der Waals surface area contributed by atoms with Crippen LogP contribution in [0.25, 0.3) is 0 Å². The molecule has 164 valence electrons. The van der Waals surface area contributed by atoms with Gasteiger partial charge >= 0.3 is 0 Å². The molecule has 5 nitrogen and oxygen atoms in total. The van der Waals surface area contributed by atoms with Gasteiger partial charge in [-0.05, 0) is 35.4 Å². The molecule has 1 atom stereocenters. The van der Waals surface area contributed by atoms with Crippen molar-refractivity contribution < 1.29 is 13.2 Å². The molecular weight excluding hydrogens is 472 g/mol. The SMILES string of the molecule is CN(C)S(=O)(=O)c1ccc(CNC(=O)CSC(c2ccccc2)c2ccc(Cl)cc2)s1. The standard InChI is InChI=1S/C22H23ClN2O3S3/c1-25(2)31(27,28)21-13-12-19(30-21)14-24-20(26)15-29-22(16-6-4-3-5-7-16)17-8-10-18(23)11-9-17/h3-13,22H,14-15H2,1-2H3,(H,24,26). The van der Waals surface area contributed by atoms with Crippen LogP contribution in [0.1, 0.15) is 21.3 Å². The minimum absolute atomic E-state index is 0.00258. The summed E-state index contributed by atoms with van der Waals surface area (Å²) in [6, 6.07) is 21.0. The number of carbonyl (C=O) groups is 1. The van der Waals surface area contributed by atoms with E-state index in [1.807, 2.05) is 54.6 Å². The highest BCUT2D eigenvalue weighted by atomic mass is 35.5. The smallest absolute Gasteiger partial charge is 0.252 e. The quantitative estimate of drug-likeness (QED) is 0.464. The van der Waals surface area contributed by atoms with E-state index in [2.05, 4.69) is 5.32 Å². The maximum atomic E-state index is 12.5. The minimum atomic E-state index is -3.45. The fraction of sp³-hybridized carbons (Fsp3) is 0.227. The Bertz CT molecular complexity index is 1110. The number of rotatable bonds is 9. The average molecular weight is 495 g/mol. The van der Waals surface area contributed by atoms with Crippen LogP contribution in [-0.2, 0) is 21.4 Å². The van der Waals surface area contributed by atoms with E-state index in [-0.39, 0.29) is 21.1 Å². The Balaban J connectivity index is 1.61. The molecule has 1 amide bonds. The van der Waals surface area contributed by atoms with Crippen molar-refractivity contribution in [3.63, 3.8) is 0 Å². The second-order valence-corrected chi connectivity index (χ2v) is 12.0. The van der Waals surface area contributed by atoms with Crippen molar-refractivity contribution in [2.75, 3.05) is 19.8 Å². The van der Waals surface area contributed by atoms with Crippen LogP contribution < -0.4 is 5.32 Å². The van der Waals surface area contributed by atoms with Crippen molar-refractivity contribution >= 4 is 50.6 Å². The summed E-state index contributed by atoms with van der Waals surface area (Å²) in [5, 5.41) is 3.56. The molecule has 1 aromatic heterocycles. The van der Waals surface area contributed by atoms with Gasteiger partial charge in [0.05, 0.1) is 17.5 Å². The predicted molar refractivity (Wildman–Crippen MR) is 129 cm³/mol. The van der Waals surface area contributed by atoms with E-state index >= 15 is 0 Å². The van der Waals surface area contributed by atoms with Crippen LogP contribution in [0.5, 0.6) is 0 Å². The van der Waals surface area contributed by atoms with Crippen molar-refractivity contribution in [3.8, 4) is 0 Å². The van der Waals surface area contributed by atoms with E-state index in [0.717, 1.165) is 16.0 Å². The molecule has 0 fully saturated rings. The maximum Gasteiger partial charge on any atom is 0.252 e. The summed E-state index contributed by atoms with van der Waals surface area (Å²) in [5.41, 5.74) is 2.18. The molecule has 1 unspecified atom stereocenters. The van der Waals surface area contributed by atoms with E-state index < -0.39 is 10.0 Å². The molecule has 2 aromatic carbocycles. The molecule has 0 aliphatic heterocycles. The first-order valence-corrected chi connectivity index (χ1v) is 13.2. The highest BCUT2D eigenvalue weighted by Gasteiger charge is 2.20. The van der Waals surface area contributed by atoms with Crippen molar-refractivity contribution in [2.45, 2.75) is 16.0 Å². The van der Waals surface area contributed by atoms with Crippen LogP contribution in [-0.4, -0.2) is 38.5 Å². The Kier molecular flexibility index (Phi) is 8.18. The number of nitrogens with one attached hydrogen (secondary N) is 1. The molecule has 0 bridgehead atoms. The van der Waals surface area contributed by atoms with E-state index in [1.54, 1.807) is 12.1 Å². The fourth-order valence-electron chi connectivity index (χ4n) is 2.82. The summed E-state index contributed by atoms with van der Waals surface area (Å²) >= 11 is 8.73. The largest absolute Gasteiger partial charge is 0.350 e. The normalized spacial score (nSPS) is 12.6. The van der Waals surface area contributed by atoms with Gasteiger partial charge < -0.3 is 5.32 Å². The molecule has 1 heterocycles. The average Bonchev–Trinajstić information content (AvgIpc) is 3.24. The van der Waals surface area contributed by atoms with Crippen molar-refractivity contribution in [1.82, 2.24) is 9.62 Å². The van der Waals surface area contributed by atoms with Gasteiger partial charge in [0.2, 0.25) is 5.91 Å². The number of nitrogens with zero attached hydrogens (tertiary/aromatic N) is 1. The second kappa shape index (κ2) is 10.7. The van der Waals surface area contributed by atoms with E-state index in [0.29, 0.717) is 11.6 Å². The molecule has 0 radical (unpaired) electrons. The molecule has 1 N–H and O–H groups in total. The molecule has 0 saturated heterocycles. The molecule has 0 saturated carbocycles. The van der Waals surface area contributed by atoms with Crippen LogP contribution in [0.15, 0.2) is 70.9 Å². The van der Waals surface area contributed by atoms with Gasteiger partial charge in [0.1, 0.15) is 4.21 Å². The first-order chi connectivity index (χ1) is 14.8. The highest BCUT2D eigenvalue weighted by molar-refractivity contribution is 8.00. The Morgan fingerprint density at radius 1 is 1.03 bits per heavy atom. The topological polar surface area (TPSA) is 66.5 Å². The van der Waals surface area contributed by atoms with Gasteiger partial charge in [-0.25, -0.2) is 12.7 Å². The van der Waals surface area contributed by atoms with Crippen molar-refractivity contribution in [1.29, 1.82) is 0 Å². The van der Waals surface area contributed by atoms with Gasteiger partial charge in [0.25, 0.3) is 10.0 Å². The van der Waals surface area contributed by atoms with Crippen LogP contribution in [0, 0.1) is 0 Å². The lowest BCUT2D eigenvalue weighted by molar-refractivity contribution is -0.118. The number of carbonyl (C=O) groups excluding carboxylic acids is 1. The van der Waals surface area contributed by atoms with Gasteiger partial charge in [-0.1, -0.05) is 54.1 Å². The fourth-order valence-corrected chi connectivity index (χ4v) is 6.53. The van der Waals surface area contributed by atoms with Gasteiger partial charge in [-0.3, -0.25) is 4.79 Å². The zero-order valence-corrected chi connectivity index (χ0v) is 20.3. The summed E-state index contributed by atoms with van der Waals surface area (Å²) < 4.78 is 25.8. The van der Waals surface area contributed by atoms with Gasteiger partial charge in [-0.15, -0.1) is 23.1 Å². The third kappa shape index (κ3) is 6.33. The molecule has 3 aromatic rings. The Hall–Kier alpha value is -1.84. The lowest BCUT2D eigenvalue weighted by Crippen LogP contribution is -2.24. The number of benzene rings is 2. The highest BCUT2D eigenvalue weighted by Crippen LogP contribution is 2.36. The molecule has 31 heavy (non-hydrogen) atoms. The molecule has 0 aliphatic rings.